The van der Waals surface area contributed by atoms with Crippen molar-refractivity contribution in [1.82, 2.24) is 9.80 Å². The van der Waals surface area contributed by atoms with Gasteiger partial charge >= 0.3 is 12.1 Å². The topological polar surface area (TPSA) is 62.2 Å². The van der Waals surface area contributed by atoms with Gasteiger partial charge in [0.15, 0.2) is 5.17 Å². The molecular weight excluding hydrogens is 515 g/mol. The zero-order valence-electron chi connectivity index (χ0n) is 20.7. The summed E-state index contributed by atoms with van der Waals surface area (Å²) in [5, 5.41) is 2.38. The molecule has 1 amide bonds. The first-order valence-electron chi connectivity index (χ1n) is 12.4. The highest BCUT2D eigenvalue weighted by atomic mass is 32.2. The Labute approximate surface area is 222 Å². The first-order chi connectivity index (χ1) is 18.3. The number of likely N-dealkylation sites (tertiary alicyclic amines) is 1. The largest absolute Gasteiger partial charge is 0.463 e. The summed E-state index contributed by atoms with van der Waals surface area (Å²) < 4.78 is 45.5. The number of nitrogens with zero attached hydrogens (tertiary/aromatic N) is 3. The van der Waals surface area contributed by atoms with E-state index in [-0.39, 0.29) is 24.5 Å². The number of thioether (sulfide) groups is 1. The van der Waals surface area contributed by atoms with Gasteiger partial charge in [-0.15, -0.1) is 0 Å². The Morgan fingerprint density at radius 2 is 1.74 bits per heavy atom. The Bertz CT molecular complexity index is 1310. The average Bonchev–Trinajstić information content (AvgIpc) is 3.59. The van der Waals surface area contributed by atoms with E-state index < -0.39 is 23.8 Å². The zero-order chi connectivity index (χ0) is 26.9. The van der Waals surface area contributed by atoms with Crippen molar-refractivity contribution in [2.24, 2.45) is 4.99 Å². The fourth-order valence-corrected chi connectivity index (χ4v) is 5.81. The van der Waals surface area contributed by atoms with E-state index in [9.17, 15) is 22.8 Å². The van der Waals surface area contributed by atoms with Crippen LogP contribution in [0.4, 0.5) is 13.2 Å². The number of amidine groups is 1. The van der Waals surface area contributed by atoms with E-state index in [0.717, 1.165) is 25.0 Å². The maximum Gasteiger partial charge on any atom is 0.416 e. The molecule has 0 saturated carbocycles. The normalized spacial score (nSPS) is 19.3. The molecule has 0 N–H and O–H groups in total. The predicted octanol–water partition coefficient (Wildman–Crippen LogP) is 5.99. The second-order valence-corrected chi connectivity index (χ2v) is 9.96. The smallest absolute Gasteiger partial charge is 0.416 e. The maximum atomic E-state index is 13.5. The Morgan fingerprint density at radius 3 is 2.37 bits per heavy atom. The first kappa shape index (κ1) is 26.1. The quantitative estimate of drug-likeness (QED) is 0.421. The van der Waals surface area contributed by atoms with E-state index >= 15 is 0 Å². The molecule has 6 nitrogen and oxygen atoms in total. The van der Waals surface area contributed by atoms with Crippen LogP contribution >= 0.6 is 11.8 Å². The molecule has 1 fully saturated rings. The second-order valence-electron chi connectivity index (χ2n) is 9.13. The number of amides is 1. The molecule has 0 unspecified atom stereocenters. The third-order valence-corrected chi connectivity index (χ3v) is 7.59. The summed E-state index contributed by atoms with van der Waals surface area (Å²) in [6, 6.07) is 13.1. The summed E-state index contributed by atoms with van der Waals surface area (Å²) in [5.41, 5.74) is 1.61. The number of fused-ring (bicyclic) bond motifs is 1. The van der Waals surface area contributed by atoms with Gasteiger partial charge in [-0.2, -0.15) is 13.2 Å². The van der Waals surface area contributed by atoms with E-state index in [2.05, 4.69) is 0 Å². The standard InChI is InChI=1S/C28H26F3N3O3S/c1-2-37-26(36)23-24(18-8-4-3-5-9-18)32-27-34(21(17-38-27)16-22(35)33-14-6-7-15-33)25(23)19-10-12-20(13-11-19)28(29,30)31/h3-5,8-13,17,25H,2,6-7,14-16H2,1H3/t25-/m1/s1. The molecule has 3 heterocycles. The molecule has 3 aliphatic rings. The van der Waals surface area contributed by atoms with Gasteiger partial charge in [0.25, 0.3) is 0 Å². The first-order valence-corrected chi connectivity index (χ1v) is 13.3. The van der Waals surface area contributed by atoms with Crippen LogP contribution in [0.5, 0.6) is 0 Å². The van der Waals surface area contributed by atoms with Gasteiger partial charge in [0, 0.05) is 24.4 Å². The van der Waals surface area contributed by atoms with Gasteiger partial charge in [-0.05, 0) is 42.9 Å². The van der Waals surface area contributed by atoms with Crippen LogP contribution < -0.4 is 0 Å². The average molecular weight is 542 g/mol. The molecule has 2 aromatic rings. The van der Waals surface area contributed by atoms with Gasteiger partial charge in [-0.25, -0.2) is 9.79 Å². The number of hydrogen-bond acceptors (Lipinski definition) is 6. The van der Waals surface area contributed by atoms with Crippen molar-refractivity contribution in [3.8, 4) is 0 Å². The second kappa shape index (κ2) is 10.7. The van der Waals surface area contributed by atoms with Crippen LogP contribution in [0.3, 0.4) is 0 Å². The number of benzene rings is 2. The minimum absolute atomic E-state index is 0.0303. The van der Waals surface area contributed by atoms with Crippen LogP contribution in [0.1, 0.15) is 48.9 Å². The maximum absolute atomic E-state index is 13.5. The molecule has 10 heteroatoms. The summed E-state index contributed by atoms with van der Waals surface area (Å²) in [4.78, 5) is 34.9. The molecule has 0 aromatic heterocycles. The van der Waals surface area contributed by atoms with Crippen molar-refractivity contribution in [2.45, 2.75) is 38.4 Å². The highest BCUT2D eigenvalue weighted by molar-refractivity contribution is 8.16. The van der Waals surface area contributed by atoms with E-state index in [1.54, 1.807) is 11.8 Å². The Balaban J connectivity index is 1.63. The molecule has 2 aromatic carbocycles. The van der Waals surface area contributed by atoms with Crippen molar-refractivity contribution in [2.75, 3.05) is 19.7 Å². The van der Waals surface area contributed by atoms with Crippen LogP contribution in [0.15, 0.2) is 76.3 Å². The number of ether oxygens (including phenoxy) is 1. The van der Waals surface area contributed by atoms with Gasteiger partial charge in [-0.1, -0.05) is 54.2 Å². The molecule has 38 heavy (non-hydrogen) atoms. The number of hydrogen-bond donors (Lipinski definition) is 0. The van der Waals surface area contributed by atoms with Crippen molar-refractivity contribution in [3.63, 3.8) is 0 Å². The van der Waals surface area contributed by atoms with Crippen LogP contribution in [-0.4, -0.2) is 46.5 Å². The van der Waals surface area contributed by atoms with Gasteiger partial charge in [0.1, 0.15) is 0 Å². The minimum atomic E-state index is -4.50. The van der Waals surface area contributed by atoms with Gasteiger partial charge in [-0.3, -0.25) is 4.79 Å². The van der Waals surface area contributed by atoms with Crippen LogP contribution in [-0.2, 0) is 20.5 Å². The lowest BCUT2D eigenvalue weighted by Crippen LogP contribution is -2.38. The molecule has 198 valence electrons. The fourth-order valence-electron chi connectivity index (χ4n) is 4.89. The fraction of sp³-hybridized carbons (Fsp3) is 0.321. The van der Waals surface area contributed by atoms with E-state index in [1.165, 1.54) is 23.9 Å². The number of alkyl halides is 3. The molecule has 1 atom stereocenters. The lowest BCUT2D eigenvalue weighted by molar-refractivity contribution is -0.139. The monoisotopic (exact) mass is 541 g/mol. The number of rotatable bonds is 6. The summed E-state index contributed by atoms with van der Waals surface area (Å²) in [7, 11) is 0. The molecule has 0 bridgehead atoms. The lowest BCUT2D eigenvalue weighted by atomic mass is 9.91. The van der Waals surface area contributed by atoms with Crippen LogP contribution in [0.25, 0.3) is 5.70 Å². The van der Waals surface area contributed by atoms with Crippen molar-refractivity contribution in [1.29, 1.82) is 0 Å². The van der Waals surface area contributed by atoms with Crippen LogP contribution in [0.2, 0.25) is 0 Å². The highest BCUT2D eigenvalue weighted by Crippen LogP contribution is 2.47. The number of carbonyl (C=O) groups is 2. The zero-order valence-corrected chi connectivity index (χ0v) is 21.5. The van der Waals surface area contributed by atoms with Gasteiger partial charge in [0.05, 0.1) is 35.9 Å². The lowest BCUT2D eigenvalue weighted by Gasteiger charge is -2.37. The minimum Gasteiger partial charge on any atom is -0.463 e. The van der Waals surface area contributed by atoms with Crippen molar-refractivity contribution < 1.29 is 27.5 Å². The third-order valence-electron chi connectivity index (χ3n) is 6.70. The molecule has 5 rings (SSSR count). The Hall–Kier alpha value is -3.53. The van der Waals surface area contributed by atoms with Gasteiger partial charge < -0.3 is 14.5 Å². The summed E-state index contributed by atoms with van der Waals surface area (Å²) >= 11 is 1.33. The van der Waals surface area contributed by atoms with Crippen molar-refractivity contribution in [3.05, 3.63) is 88.0 Å². The Kier molecular flexibility index (Phi) is 7.34. The molecule has 0 aliphatic carbocycles. The Morgan fingerprint density at radius 1 is 1.05 bits per heavy atom. The molecule has 1 saturated heterocycles. The molecule has 0 radical (unpaired) electrons. The molecule has 3 aliphatic heterocycles. The SMILES string of the molecule is CCOC(=O)C1=C(c2ccccc2)N=C2SC=C(CC(=O)N3CCCC3)N2[C@@H]1c1ccc(C(F)(F)F)cc1. The van der Waals surface area contributed by atoms with Crippen LogP contribution in [0, 0.1) is 0 Å². The number of carbonyl (C=O) groups excluding carboxylic acids is 2. The molecule has 0 spiro atoms. The number of aliphatic imine (C=N–C) groups is 1. The number of esters is 1. The summed E-state index contributed by atoms with van der Waals surface area (Å²) in [6.45, 7) is 3.21. The van der Waals surface area contributed by atoms with Gasteiger partial charge in [0.2, 0.25) is 5.91 Å². The summed E-state index contributed by atoms with van der Waals surface area (Å²) in [6.07, 6.45) is -2.48. The highest BCUT2D eigenvalue weighted by Gasteiger charge is 2.43. The van der Waals surface area contributed by atoms with E-state index in [1.807, 2.05) is 40.6 Å². The van der Waals surface area contributed by atoms with Crippen molar-refractivity contribution >= 4 is 34.5 Å². The third kappa shape index (κ3) is 5.09. The van der Waals surface area contributed by atoms with E-state index in [4.69, 9.17) is 9.73 Å². The summed E-state index contributed by atoms with van der Waals surface area (Å²) in [5.74, 6) is -0.640. The van der Waals surface area contributed by atoms with E-state index in [0.29, 0.717) is 40.8 Å². The molecular formula is C28H26F3N3O3S. The predicted molar refractivity (Wildman–Crippen MR) is 140 cm³/mol. The number of halogens is 3.